The minimum atomic E-state index is -0.245. The lowest BCUT2D eigenvalue weighted by Gasteiger charge is -2.15. The summed E-state index contributed by atoms with van der Waals surface area (Å²) in [5.41, 5.74) is 1.28. The lowest BCUT2D eigenvalue weighted by Crippen LogP contribution is -2.27. The predicted molar refractivity (Wildman–Crippen MR) is 117 cm³/mol. The highest BCUT2D eigenvalue weighted by Crippen LogP contribution is 2.30. The van der Waals surface area contributed by atoms with Gasteiger partial charge in [0, 0.05) is 26.2 Å². The molecule has 0 bridgehead atoms. The molecule has 0 radical (unpaired) electrons. The average molecular weight is 431 g/mol. The zero-order chi connectivity index (χ0) is 23.0. The van der Waals surface area contributed by atoms with Gasteiger partial charge in [0.2, 0.25) is 0 Å². The number of ether oxygens (including phenoxy) is 4. The van der Waals surface area contributed by atoms with Crippen LogP contribution in [-0.2, 0) is 11.3 Å². The van der Waals surface area contributed by atoms with Crippen molar-refractivity contribution in [1.82, 2.24) is 10.2 Å². The summed E-state index contributed by atoms with van der Waals surface area (Å²) in [5.74, 6) is 1.62. The molecule has 0 unspecified atom stereocenters. The van der Waals surface area contributed by atoms with E-state index in [2.05, 4.69) is 5.32 Å². The second-order valence-electron chi connectivity index (χ2n) is 7.28. The van der Waals surface area contributed by atoms with Crippen LogP contribution in [0.4, 0.5) is 0 Å². The maximum Gasteiger partial charge on any atom is 0.259 e. The van der Waals surface area contributed by atoms with Gasteiger partial charge in [-0.1, -0.05) is 6.07 Å². The minimum Gasteiger partial charge on any atom is -0.493 e. The van der Waals surface area contributed by atoms with Crippen molar-refractivity contribution >= 4 is 11.8 Å². The van der Waals surface area contributed by atoms with E-state index in [1.54, 1.807) is 50.5 Å². The largest absolute Gasteiger partial charge is 0.493 e. The van der Waals surface area contributed by atoms with E-state index in [4.69, 9.17) is 18.9 Å². The number of methoxy groups -OCH3 is 2. The van der Waals surface area contributed by atoms with Crippen molar-refractivity contribution in [2.75, 3.05) is 34.9 Å². The van der Waals surface area contributed by atoms with Gasteiger partial charge in [-0.3, -0.25) is 9.59 Å². The Morgan fingerprint density at radius 3 is 2.19 bits per heavy atom. The molecule has 2 aromatic carbocycles. The van der Waals surface area contributed by atoms with Gasteiger partial charge in [0.1, 0.15) is 0 Å². The zero-order valence-electron chi connectivity index (χ0n) is 18.9. The number of nitrogens with zero attached hydrogens (tertiary/aromatic N) is 1. The third kappa shape index (κ3) is 6.80. The molecule has 2 rings (SSSR count). The van der Waals surface area contributed by atoms with E-state index < -0.39 is 0 Å². The second-order valence-corrected chi connectivity index (χ2v) is 7.28. The predicted octanol–water partition coefficient (Wildman–Crippen LogP) is 2.89. The van der Waals surface area contributed by atoms with Crippen molar-refractivity contribution in [2.45, 2.75) is 26.5 Å². The number of carbonyl (C=O) groups excluding carboxylic acids is 2. The Hall–Kier alpha value is -3.42. The molecule has 0 aromatic heterocycles. The van der Waals surface area contributed by atoms with Gasteiger partial charge < -0.3 is 29.2 Å². The molecule has 31 heavy (non-hydrogen) atoms. The summed E-state index contributed by atoms with van der Waals surface area (Å²) >= 11 is 0. The van der Waals surface area contributed by atoms with E-state index in [1.807, 2.05) is 13.8 Å². The van der Waals surface area contributed by atoms with Crippen LogP contribution in [0.5, 0.6) is 23.0 Å². The topological polar surface area (TPSA) is 86.3 Å². The molecule has 0 spiro atoms. The van der Waals surface area contributed by atoms with Crippen LogP contribution >= 0.6 is 0 Å². The molecule has 168 valence electrons. The van der Waals surface area contributed by atoms with Crippen LogP contribution in [-0.4, -0.2) is 57.7 Å². The molecule has 0 aliphatic carbocycles. The van der Waals surface area contributed by atoms with Crippen LogP contribution in [0.25, 0.3) is 0 Å². The highest BCUT2D eigenvalue weighted by molar-refractivity contribution is 5.94. The van der Waals surface area contributed by atoms with E-state index in [0.717, 1.165) is 5.56 Å². The van der Waals surface area contributed by atoms with Gasteiger partial charge in [0.15, 0.2) is 29.6 Å². The fourth-order valence-corrected chi connectivity index (χ4v) is 2.65. The van der Waals surface area contributed by atoms with Crippen LogP contribution in [0.1, 0.15) is 29.8 Å². The van der Waals surface area contributed by atoms with Crippen LogP contribution in [0.2, 0.25) is 0 Å². The molecule has 8 nitrogen and oxygen atoms in total. The third-order valence-electron chi connectivity index (χ3n) is 4.32. The number of amides is 2. The maximum atomic E-state index is 12.6. The molecule has 0 aliphatic rings. The molecule has 2 aromatic rings. The van der Waals surface area contributed by atoms with Crippen molar-refractivity contribution < 1.29 is 28.5 Å². The van der Waals surface area contributed by atoms with Gasteiger partial charge in [0.05, 0.1) is 20.3 Å². The van der Waals surface area contributed by atoms with Crippen LogP contribution < -0.4 is 24.3 Å². The summed E-state index contributed by atoms with van der Waals surface area (Å²) < 4.78 is 21.9. The van der Waals surface area contributed by atoms with E-state index in [-0.39, 0.29) is 24.5 Å². The van der Waals surface area contributed by atoms with Crippen molar-refractivity contribution in [3.63, 3.8) is 0 Å². The smallest absolute Gasteiger partial charge is 0.259 e. The Morgan fingerprint density at radius 1 is 0.935 bits per heavy atom. The highest BCUT2D eigenvalue weighted by Gasteiger charge is 2.13. The first-order chi connectivity index (χ1) is 14.7. The van der Waals surface area contributed by atoms with E-state index in [9.17, 15) is 9.59 Å². The molecule has 0 aliphatic heterocycles. The van der Waals surface area contributed by atoms with Gasteiger partial charge in [0.25, 0.3) is 11.8 Å². The highest BCUT2D eigenvalue weighted by atomic mass is 16.5. The van der Waals surface area contributed by atoms with Crippen LogP contribution in [0, 0.1) is 0 Å². The molecular formula is C23H30N2O6. The summed E-state index contributed by atoms with van der Waals surface area (Å²) in [5, 5.41) is 2.87. The summed E-state index contributed by atoms with van der Waals surface area (Å²) in [4.78, 5) is 25.7. The monoisotopic (exact) mass is 430 g/mol. The Labute approximate surface area is 183 Å². The molecular weight excluding hydrogens is 400 g/mol. The number of benzene rings is 2. The number of likely N-dealkylation sites (N-methyl/N-ethyl adjacent to an activating group) is 1. The number of hydrogen-bond acceptors (Lipinski definition) is 6. The molecule has 0 fully saturated rings. The fourth-order valence-electron chi connectivity index (χ4n) is 2.65. The first kappa shape index (κ1) is 23.9. The Kier molecular flexibility index (Phi) is 8.54. The number of hydrogen-bond donors (Lipinski definition) is 1. The summed E-state index contributed by atoms with van der Waals surface area (Å²) in [6.45, 7) is 4.05. The van der Waals surface area contributed by atoms with E-state index in [0.29, 0.717) is 35.1 Å². The summed E-state index contributed by atoms with van der Waals surface area (Å²) in [7, 11) is 6.38. The van der Waals surface area contributed by atoms with Gasteiger partial charge in [-0.15, -0.1) is 0 Å². The second kappa shape index (κ2) is 11.1. The van der Waals surface area contributed by atoms with Gasteiger partial charge in [-0.05, 0) is 49.7 Å². The van der Waals surface area contributed by atoms with Crippen molar-refractivity contribution in [1.29, 1.82) is 0 Å². The normalized spacial score (nSPS) is 10.4. The van der Waals surface area contributed by atoms with Gasteiger partial charge >= 0.3 is 0 Å². The van der Waals surface area contributed by atoms with Gasteiger partial charge in [-0.25, -0.2) is 0 Å². The SMILES string of the molecule is COc1cc(CNC(=O)c2ccc(OC(C)C)c(OC)c2)ccc1OCC(=O)N(C)C. The lowest BCUT2D eigenvalue weighted by atomic mass is 10.1. The molecule has 0 atom stereocenters. The standard InChI is InChI=1S/C23H30N2O6/c1-15(2)31-19-10-8-17(12-21(19)29-6)23(27)24-13-16-7-9-18(20(11-16)28-5)30-14-22(26)25(3)4/h7-12,15H,13-14H2,1-6H3,(H,24,27). The molecule has 8 heteroatoms. The van der Waals surface area contributed by atoms with E-state index >= 15 is 0 Å². The average Bonchev–Trinajstić information content (AvgIpc) is 2.75. The summed E-state index contributed by atoms with van der Waals surface area (Å²) in [6, 6.07) is 10.3. The quantitative estimate of drug-likeness (QED) is 0.624. The molecule has 0 heterocycles. The third-order valence-corrected chi connectivity index (χ3v) is 4.32. The fraction of sp³-hybridized carbons (Fsp3) is 0.391. The first-order valence-corrected chi connectivity index (χ1v) is 9.88. The van der Waals surface area contributed by atoms with Crippen molar-refractivity contribution in [3.8, 4) is 23.0 Å². The number of nitrogens with one attached hydrogen (secondary N) is 1. The molecule has 0 saturated heterocycles. The summed E-state index contributed by atoms with van der Waals surface area (Å²) in [6.07, 6.45) is -0.00323. The molecule has 0 saturated carbocycles. The van der Waals surface area contributed by atoms with E-state index in [1.165, 1.54) is 19.1 Å². The van der Waals surface area contributed by atoms with Crippen molar-refractivity contribution in [3.05, 3.63) is 47.5 Å². The Morgan fingerprint density at radius 2 is 1.58 bits per heavy atom. The zero-order valence-corrected chi connectivity index (χ0v) is 18.9. The Balaban J connectivity index is 2.03. The molecule has 1 N–H and O–H groups in total. The number of rotatable bonds is 10. The minimum absolute atomic E-state index is 0.00323. The van der Waals surface area contributed by atoms with Crippen LogP contribution in [0.3, 0.4) is 0 Å². The van der Waals surface area contributed by atoms with Crippen LogP contribution in [0.15, 0.2) is 36.4 Å². The van der Waals surface area contributed by atoms with Gasteiger partial charge in [-0.2, -0.15) is 0 Å². The van der Waals surface area contributed by atoms with Crippen molar-refractivity contribution in [2.24, 2.45) is 0 Å². The Bertz CT molecular complexity index is 911. The maximum absolute atomic E-state index is 12.6. The molecule has 2 amide bonds. The lowest BCUT2D eigenvalue weighted by molar-refractivity contribution is -0.130. The number of carbonyl (C=O) groups is 2. The first-order valence-electron chi connectivity index (χ1n) is 9.88.